The van der Waals surface area contributed by atoms with E-state index in [1.807, 2.05) is 0 Å². The third-order valence-electron chi connectivity index (χ3n) is 0.740. The van der Waals surface area contributed by atoms with Crippen LogP contribution in [-0.4, -0.2) is 21.5 Å². The summed E-state index contributed by atoms with van der Waals surface area (Å²) in [6, 6.07) is 2.94. The third kappa shape index (κ3) is 1.70. The van der Waals surface area contributed by atoms with E-state index in [0.717, 1.165) is 0 Å². The van der Waals surface area contributed by atoms with Gasteiger partial charge in [-0.05, 0) is 6.07 Å². The maximum atomic E-state index is 9.88. The van der Waals surface area contributed by atoms with E-state index in [0.29, 0.717) is 0 Å². The Labute approximate surface area is 56.3 Å². The molecule has 1 rings (SSSR count). The average Bonchev–Trinajstić information content (AvgIpc) is 1.88. The number of carbonyl (C=O) groups is 1. The monoisotopic (exact) mass is 140 g/mol. The number of hydrogen-bond acceptors (Lipinski definition) is 4. The lowest BCUT2D eigenvalue weighted by Gasteiger charge is -1.93. The Morgan fingerprint density at radius 3 is 3.00 bits per heavy atom. The van der Waals surface area contributed by atoms with Crippen molar-refractivity contribution < 1.29 is 14.6 Å². The Balaban J connectivity index is 2.67. The summed E-state index contributed by atoms with van der Waals surface area (Å²) in [5.41, 5.74) is 0. The fourth-order valence-corrected chi connectivity index (χ4v) is 0.431. The van der Waals surface area contributed by atoms with Crippen LogP contribution in [0, 0.1) is 0 Å². The molecule has 0 spiro atoms. The maximum Gasteiger partial charge on any atom is 0.512 e. The van der Waals surface area contributed by atoms with Crippen LogP contribution in [0.25, 0.3) is 0 Å². The molecule has 1 heterocycles. The standard InChI is InChI=1S/C5H4N2O3/c8-5(9)10-4-2-1-3-6-7-4/h1-3H,(H,8,9). The van der Waals surface area contributed by atoms with Crippen molar-refractivity contribution in [3.8, 4) is 5.88 Å². The van der Waals surface area contributed by atoms with Crippen molar-refractivity contribution in [2.75, 3.05) is 0 Å². The van der Waals surface area contributed by atoms with Crippen LogP contribution in [0.1, 0.15) is 0 Å². The highest BCUT2D eigenvalue weighted by Gasteiger charge is 1.98. The molecule has 0 aliphatic heterocycles. The fraction of sp³-hybridized carbons (Fsp3) is 0. The second-order valence-corrected chi connectivity index (χ2v) is 1.43. The molecule has 52 valence electrons. The molecule has 0 unspecified atom stereocenters. The quantitative estimate of drug-likeness (QED) is 0.576. The third-order valence-corrected chi connectivity index (χ3v) is 0.740. The lowest BCUT2D eigenvalue weighted by molar-refractivity contribution is 0.142. The van der Waals surface area contributed by atoms with Crippen LogP contribution in [0.3, 0.4) is 0 Å². The lowest BCUT2D eigenvalue weighted by atomic mass is 10.6. The molecule has 5 heteroatoms. The maximum absolute atomic E-state index is 9.88. The van der Waals surface area contributed by atoms with Crippen LogP contribution < -0.4 is 4.74 Å². The molecule has 0 aromatic carbocycles. The summed E-state index contributed by atoms with van der Waals surface area (Å²) in [6.07, 6.45) is 0.0369. The molecule has 0 amide bonds. The van der Waals surface area contributed by atoms with Gasteiger partial charge >= 0.3 is 6.16 Å². The molecule has 0 saturated heterocycles. The van der Waals surface area contributed by atoms with E-state index in [1.54, 1.807) is 0 Å². The van der Waals surface area contributed by atoms with Crippen LogP contribution in [0.4, 0.5) is 4.79 Å². The van der Waals surface area contributed by atoms with Gasteiger partial charge in [-0.2, -0.15) is 5.10 Å². The first-order valence-electron chi connectivity index (χ1n) is 2.47. The molecule has 1 aromatic rings. The Morgan fingerprint density at radius 2 is 2.50 bits per heavy atom. The molecular weight excluding hydrogens is 136 g/mol. The molecule has 0 bridgehead atoms. The molecule has 0 atom stereocenters. The van der Waals surface area contributed by atoms with Gasteiger partial charge in [0.1, 0.15) is 0 Å². The normalized spacial score (nSPS) is 8.80. The SMILES string of the molecule is O=C(O)Oc1cccnn1. The zero-order chi connectivity index (χ0) is 7.40. The van der Waals surface area contributed by atoms with E-state index in [1.165, 1.54) is 18.3 Å². The molecule has 0 saturated carbocycles. The summed E-state index contributed by atoms with van der Waals surface area (Å²) in [6.45, 7) is 0. The van der Waals surface area contributed by atoms with Crippen molar-refractivity contribution in [1.82, 2.24) is 10.2 Å². The van der Waals surface area contributed by atoms with Gasteiger partial charge in [-0.3, -0.25) is 0 Å². The largest absolute Gasteiger partial charge is 0.512 e. The first kappa shape index (κ1) is 6.47. The Bertz CT molecular complexity index is 224. The van der Waals surface area contributed by atoms with Crippen molar-refractivity contribution >= 4 is 6.16 Å². The molecule has 1 aromatic heterocycles. The average molecular weight is 140 g/mol. The van der Waals surface area contributed by atoms with E-state index in [4.69, 9.17) is 5.11 Å². The minimum absolute atomic E-state index is 0.0185. The molecule has 0 radical (unpaired) electrons. The minimum Gasteiger partial charge on any atom is -0.449 e. The number of nitrogens with zero attached hydrogens (tertiary/aromatic N) is 2. The van der Waals surface area contributed by atoms with E-state index in [9.17, 15) is 4.79 Å². The summed E-state index contributed by atoms with van der Waals surface area (Å²) >= 11 is 0. The molecule has 10 heavy (non-hydrogen) atoms. The minimum atomic E-state index is -1.39. The van der Waals surface area contributed by atoms with Gasteiger partial charge in [0.2, 0.25) is 5.88 Å². The van der Waals surface area contributed by atoms with Crippen molar-refractivity contribution in [3.63, 3.8) is 0 Å². The Morgan fingerprint density at radius 1 is 1.70 bits per heavy atom. The molecule has 0 aliphatic rings. The predicted molar refractivity (Wildman–Crippen MR) is 30.7 cm³/mol. The predicted octanol–water partition coefficient (Wildman–Crippen LogP) is 0.533. The number of aromatic nitrogens is 2. The van der Waals surface area contributed by atoms with Crippen molar-refractivity contribution in [2.45, 2.75) is 0 Å². The number of ether oxygens (including phenoxy) is 1. The van der Waals surface area contributed by atoms with Gasteiger partial charge in [0.25, 0.3) is 0 Å². The highest BCUT2D eigenvalue weighted by atomic mass is 16.7. The van der Waals surface area contributed by atoms with Crippen molar-refractivity contribution in [3.05, 3.63) is 18.3 Å². The topological polar surface area (TPSA) is 72.3 Å². The summed E-state index contributed by atoms with van der Waals surface area (Å²) in [5.74, 6) is -0.0185. The van der Waals surface area contributed by atoms with Gasteiger partial charge in [0.05, 0.1) is 0 Å². The fourth-order valence-electron chi connectivity index (χ4n) is 0.431. The van der Waals surface area contributed by atoms with Gasteiger partial charge in [-0.1, -0.05) is 0 Å². The van der Waals surface area contributed by atoms with E-state index in [-0.39, 0.29) is 5.88 Å². The molecular formula is C5H4N2O3. The van der Waals surface area contributed by atoms with Crippen LogP contribution >= 0.6 is 0 Å². The molecule has 5 nitrogen and oxygen atoms in total. The molecule has 1 N–H and O–H groups in total. The first-order chi connectivity index (χ1) is 4.79. The van der Waals surface area contributed by atoms with Crippen LogP contribution in [0.15, 0.2) is 18.3 Å². The number of carboxylic acid groups (broad SMARTS) is 1. The van der Waals surface area contributed by atoms with Gasteiger partial charge in [0, 0.05) is 12.3 Å². The van der Waals surface area contributed by atoms with Gasteiger partial charge in [0.15, 0.2) is 0 Å². The Hall–Kier alpha value is -1.65. The van der Waals surface area contributed by atoms with Crippen LogP contribution in [0.5, 0.6) is 5.88 Å². The van der Waals surface area contributed by atoms with Gasteiger partial charge in [-0.25, -0.2) is 4.79 Å². The van der Waals surface area contributed by atoms with Crippen LogP contribution in [0.2, 0.25) is 0 Å². The highest BCUT2D eigenvalue weighted by Crippen LogP contribution is 2.00. The molecule has 0 aliphatic carbocycles. The zero-order valence-corrected chi connectivity index (χ0v) is 4.89. The summed E-state index contributed by atoms with van der Waals surface area (Å²) in [4.78, 5) is 9.88. The molecule has 0 fully saturated rings. The summed E-state index contributed by atoms with van der Waals surface area (Å²) in [5, 5.41) is 14.8. The van der Waals surface area contributed by atoms with Crippen molar-refractivity contribution in [2.24, 2.45) is 0 Å². The van der Waals surface area contributed by atoms with E-state index >= 15 is 0 Å². The second kappa shape index (κ2) is 2.77. The first-order valence-corrected chi connectivity index (χ1v) is 2.47. The zero-order valence-electron chi connectivity index (χ0n) is 4.89. The van der Waals surface area contributed by atoms with Crippen molar-refractivity contribution in [1.29, 1.82) is 0 Å². The van der Waals surface area contributed by atoms with E-state index < -0.39 is 6.16 Å². The Kier molecular flexibility index (Phi) is 1.79. The van der Waals surface area contributed by atoms with Gasteiger partial charge < -0.3 is 9.84 Å². The highest BCUT2D eigenvalue weighted by molar-refractivity contribution is 5.60. The summed E-state index contributed by atoms with van der Waals surface area (Å²) < 4.78 is 4.16. The van der Waals surface area contributed by atoms with E-state index in [2.05, 4.69) is 14.9 Å². The lowest BCUT2D eigenvalue weighted by Crippen LogP contribution is -2.04. The number of hydrogen-bond donors (Lipinski definition) is 1. The van der Waals surface area contributed by atoms with Crippen LogP contribution in [-0.2, 0) is 0 Å². The summed E-state index contributed by atoms with van der Waals surface area (Å²) in [7, 11) is 0. The number of rotatable bonds is 1. The van der Waals surface area contributed by atoms with Gasteiger partial charge in [-0.15, -0.1) is 5.10 Å². The second-order valence-electron chi connectivity index (χ2n) is 1.43. The smallest absolute Gasteiger partial charge is 0.449 e.